The van der Waals surface area contributed by atoms with Crippen molar-refractivity contribution in [1.82, 2.24) is 14.8 Å². The highest BCUT2D eigenvalue weighted by Crippen LogP contribution is 2.22. The van der Waals surface area contributed by atoms with Crippen LogP contribution in [0.1, 0.15) is 23.7 Å². The first-order valence-corrected chi connectivity index (χ1v) is 7.23. The summed E-state index contributed by atoms with van der Waals surface area (Å²) < 4.78 is 0. The van der Waals surface area contributed by atoms with Gasteiger partial charge >= 0.3 is 0 Å². The molecule has 0 saturated carbocycles. The molecule has 1 N–H and O–H groups in total. The molecule has 110 valence electrons. The van der Waals surface area contributed by atoms with Crippen molar-refractivity contribution in [2.45, 2.75) is 19.4 Å². The Hall–Kier alpha value is -1.33. The molecule has 1 aliphatic rings. The number of nitrogens with one attached hydrogen (secondary N) is 1. The van der Waals surface area contributed by atoms with E-state index in [0.717, 1.165) is 26.1 Å². The molecule has 1 saturated heterocycles. The largest absolute Gasteiger partial charge is 0.373 e. The van der Waals surface area contributed by atoms with E-state index in [-0.39, 0.29) is 11.9 Å². The van der Waals surface area contributed by atoms with E-state index in [9.17, 15) is 4.79 Å². The number of halogens is 1. The molecule has 20 heavy (non-hydrogen) atoms. The fraction of sp³-hybridized carbons (Fsp3) is 0.571. The van der Waals surface area contributed by atoms with Crippen molar-refractivity contribution >= 4 is 23.3 Å². The molecule has 0 bridgehead atoms. The first kappa shape index (κ1) is 15.1. The summed E-state index contributed by atoms with van der Waals surface area (Å²) in [6.07, 6.45) is 2.50. The van der Waals surface area contributed by atoms with Crippen molar-refractivity contribution in [3.05, 3.63) is 22.8 Å². The summed E-state index contributed by atoms with van der Waals surface area (Å²) in [4.78, 5) is 21.0. The highest BCUT2D eigenvalue weighted by atomic mass is 35.5. The molecule has 1 atom stereocenters. The van der Waals surface area contributed by atoms with Gasteiger partial charge in [0.15, 0.2) is 0 Å². The van der Waals surface area contributed by atoms with Gasteiger partial charge in [0.1, 0.15) is 5.82 Å². The summed E-state index contributed by atoms with van der Waals surface area (Å²) >= 11 is 6.14. The van der Waals surface area contributed by atoms with Gasteiger partial charge in [-0.15, -0.1) is 0 Å². The Labute approximate surface area is 124 Å². The second-order valence-electron chi connectivity index (χ2n) is 5.26. The third-order valence-electron chi connectivity index (χ3n) is 3.65. The third-order valence-corrected chi connectivity index (χ3v) is 3.95. The molecule has 1 aromatic heterocycles. The maximum absolute atomic E-state index is 12.7. The monoisotopic (exact) mass is 296 g/mol. The lowest BCUT2D eigenvalue weighted by Crippen LogP contribution is -2.42. The lowest BCUT2D eigenvalue weighted by atomic mass is 10.2. The predicted molar refractivity (Wildman–Crippen MR) is 81.4 cm³/mol. The summed E-state index contributed by atoms with van der Waals surface area (Å²) in [5.74, 6) is 0.633. The average molecular weight is 297 g/mol. The van der Waals surface area contributed by atoms with Gasteiger partial charge in [-0.1, -0.05) is 11.6 Å². The molecule has 0 radical (unpaired) electrons. The molecule has 0 aromatic carbocycles. The summed E-state index contributed by atoms with van der Waals surface area (Å²) in [5.41, 5.74) is 0.516. The van der Waals surface area contributed by atoms with Gasteiger partial charge in [0.05, 0.1) is 10.6 Å². The van der Waals surface area contributed by atoms with E-state index < -0.39 is 0 Å². The number of carbonyl (C=O) groups excluding carboxylic acids is 1. The lowest BCUT2D eigenvalue weighted by molar-refractivity contribution is 0.0696. The number of carbonyl (C=O) groups is 1. The zero-order valence-corrected chi connectivity index (χ0v) is 12.9. The highest BCUT2D eigenvalue weighted by molar-refractivity contribution is 6.33. The van der Waals surface area contributed by atoms with Crippen LogP contribution in [0.3, 0.4) is 0 Å². The molecule has 2 heterocycles. The SMILES string of the molecule is CNc1cc(C(=O)N2CCCN(C)CC2C)c(Cl)cn1. The fourth-order valence-corrected chi connectivity index (χ4v) is 2.75. The van der Waals surface area contributed by atoms with Gasteiger partial charge in [-0.25, -0.2) is 4.98 Å². The maximum atomic E-state index is 12.7. The van der Waals surface area contributed by atoms with E-state index in [1.165, 1.54) is 6.20 Å². The zero-order chi connectivity index (χ0) is 14.7. The number of aromatic nitrogens is 1. The van der Waals surface area contributed by atoms with Crippen LogP contribution in [0, 0.1) is 0 Å². The number of rotatable bonds is 2. The van der Waals surface area contributed by atoms with Gasteiger partial charge in [-0.05, 0) is 33.0 Å². The Morgan fingerprint density at radius 3 is 2.95 bits per heavy atom. The minimum Gasteiger partial charge on any atom is -0.373 e. The Morgan fingerprint density at radius 1 is 1.50 bits per heavy atom. The van der Waals surface area contributed by atoms with Gasteiger partial charge < -0.3 is 15.1 Å². The summed E-state index contributed by atoms with van der Waals surface area (Å²) in [7, 11) is 3.86. The second kappa shape index (κ2) is 6.41. The molecular formula is C14H21ClN4O. The summed E-state index contributed by atoms with van der Waals surface area (Å²) in [5, 5.41) is 3.34. The zero-order valence-electron chi connectivity index (χ0n) is 12.2. The number of amides is 1. The highest BCUT2D eigenvalue weighted by Gasteiger charge is 2.26. The topological polar surface area (TPSA) is 48.5 Å². The maximum Gasteiger partial charge on any atom is 0.255 e. The first-order chi connectivity index (χ1) is 9.52. The minimum atomic E-state index is -0.0169. The van der Waals surface area contributed by atoms with Crippen LogP contribution in [0.2, 0.25) is 5.02 Å². The molecule has 0 aliphatic carbocycles. The fourth-order valence-electron chi connectivity index (χ4n) is 2.57. The van der Waals surface area contributed by atoms with Gasteiger partial charge in [0.2, 0.25) is 0 Å². The lowest BCUT2D eigenvalue weighted by Gasteiger charge is -2.28. The van der Waals surface area contributed by atoms with E-state index in [1.54, 1.807) is 13.1 Å². The van der Waals surface area contributed by atoms with Crippen LogP contribution in [0.5, 0.6) is 0 Å². The van der Waals surface area contributed by atoms with Gasteiger partial charge in [-0.3, -0.25) is 4.79 Å². The Morgan fingerprint density at radius 2 is 2.25 bits per heavy atom. The molecule has 1 aromatic rings. The number of anilines is 1. The smallest absolute Gasteiger partial charge is 0.255 e. The summed E-state index contributed by atoms with van der Waals surface area (Å²) in [6.45, 7) is 4.74. The van der Waals surface area contributed by atoms with Crippen LogP contribution in [0.15, 0.2) is 12.3 Å². The standard InChI is InChI=1S/C14H21ClN4O/c1-10-9-18(3)5-4-6-19(10)14(20)11-7-13(16-2)17-8-12(11)15/h7-8,10H,4-6,9H2,1-3H3,(H,16,17). The number of likely N-dealkylation sites (N-methyl/N-ethyl adjacent to an activating group) is 1. The molecule has 1 unspecified atom stereocenters. The van der Waals surface area contributed by atoms with E-state index in [0.29, 0.717) is 16.4 Å². The van der Waals surface area contributed by atoms with Gasteiger partial charge in [0.25, 0.3) is 5.91 Å². The van der Waals surface area contributed by atoms with Crippen molar-refractivity contribution < 1.29 is 4.79 Å². The molecule has 2 rings (SSSR count). The van der Waals surface area contributed by atoms with Crippen LogP contribution < -0.4 is 5.32 Å². The van der Waals surface area contributed by atoms with Crippen molar-refractivity contribution in [3.63, 3.8) is 0 Å². The number of hydrogen-bond donors (Lipinski definition) is 1. The van der Waals surface area contributed by atoms with Crippen LogP contribution in [0.4, 0.5) is 5.82 Å². The van der Waals surface area contributed by atoms with Crippen molar-refractivity contribution in [1.29, 1.82) is 0 Å². The number of nitrogens with zero attached hydrogens (tertiary/aromatic N) is 3. The van der Waals surface area contributed by atoms with E-state index in [2.05, 4.69) is 29.2 Å². The Kier molecular flexibility index (Phi) is 4.83. The summed E-state index contributed by atoms with van der Waals surface area (Å²) in [6, 6.07) is 1.89. The van der Waals surface area contributed by atoms with E-state index in [1.807, 2.05) is 4.90 Å². The predicted octanol–water partition coefficient (Wildman–Crippen LogP) is 1.94. The second-order valence-corrected chi connectivity index (χ2v) is 5.67. The Bertz CT molecular complexity index is 494. The molecule has 1 amide bonds. The van der Waals surface area contributed by atoms with Crippen LogP contribution in [-0.4, -0.2) is 60.5 Å². The normalized spacial score (nSPS) is 20.6. The van der Waals surface area contributed by atoms with Crippen molar-refractivity contribution in [2.75, 3.05) is 39.0 Å². The van der Waals surface area contributed by atoms with Crippen LogP contribution in [0.25, 0.3) is 0 Å². The van der Waals surface area contributed by atoms with Crippen LogP contribution >= 0.6 is 11.6 Å². The third kappa shape index (κ3) is 3.22. The van der Waals surface area contributed by atoms with E-state index in [4.69, 9.17) is 11.6 Å². The quantitative estimate of drug-likeness (QED) is 0.906. The molecule has 1 fully saturated rings. The minimum absolute atomic E-state index is 0.0169. The molecular weight excluding hydrogens is 276 g/mol. The van der Waals surface area contributed by atoms with E-state index >= 15 is 0 Å². The van der Waals surface area contributed by atoms with Gasteiger partial charge in [0, 0.05) is 32.4 Å². The molecule has 5 nitrogen and oxygen atoms in total. The number of pyridine rings is 1. The van der Waals surface area contributed by atoms with Gasteiger partial charge in [-0.2, -0.15) is 0 Å². The first-order valence-electron chi connectivity index (χ1n) is 6.85. The number of hydrogen-bond acceptors (Lipinski definition) is 4. The van der Waals surface area contributed by atoms with Crippen molar-refractivity contribution in [2.24, 2.45) is 0 Å². The average Bonchev–Trinajstić information content (AvgIpc) is 2.59. The van der Waals surface area contributed by atoms with Crippen LogP contribution in [-0.2, 0) is 0 Å². The molecule has 0 spiro atoms. The molecule has 1 aliphatic heterocycles. The Balaban J connectivity index is 2.25. The molecule has 6 heteroatoms. The van der Waals surface area contributed by atoms with Crippen molar-refractivity contribution in [3.8, 4) is 0 Å².